The number of ether oxygens (including phenoxy) is 5. The predicted octanol–water partition coefficient (Wildman–Crippen LogP) is 7.17. The van der Waals surface area contributed by atoms with Gasteiger partial charge in [-0.3, -0.25) is 9.80 Å². The third-order valence-corrected chi connectivity index (χ3v) is 10.1. The minimum absolute atomic E-state index is 0. The smallest absolute Gasteiger partial charge is 0.415 e. The second-order valence-electron chi connectivity index (χ2n) is 12.5. The molecule has 0 unspecified atom stereocenters. The van der Waals surface area contributed by atoms with E-state index in [1.165, 1.54) is 38.4 Å². The highest BCUT2D eigenvalue weighted by molar-refractivity contribution is 6.35. The van der Waals surface area contributed by atoms with E-state index in [2.05, 4.69) is 9.88 Å². The van der Waals surface area contributed by atoms with Crippen molar-refractivity contribution >= 4 is 41.0 Å². The number of benzene rings is 3. The van der Waals surface area contributed by atoms with Crippen LogP contribution in [0.5, 0.6) is 17.2 Å². The summed E-state index contributed by atoms with van der Waals surface area (Å²) >= 11 is 12.9. The van der Waals surface area contributed by atoms with Gasteiger partial charge in [0.25, 0.3) is 0 Å². The van der Waals surface area contributed by atoms with E-state index in [-0.39, 0.29) is 41.7 Å². The molecule has 3 aliphatic heterocycles. The van der Waals surface area contributed by atoms with Gasteiger partial charge in [-0.15, -0.1) is 0 Å². The summed E-state index contributed by atoms with van der Waals surface area (Å²) in [5.41, 5.74) is 2.19. The highest BCUT2D eigenvalue weighted by atomic mass is 35.5. The number of rotatable bonds is 12. The van der Waals surface area contributed by atoms with E-state index in [4.69, 9.17) is 46.9 Å². The molecule has 1 aromatic heterocycles. The van der Waals surface area contributed by atoms with Gasteiger partial charge in [0.05, 0.1) is 39.1 Å². The van der Waals surface area contributed by atoms with Gasteiger partial charge >= 0.3 is 12.1 Å². The van der Waals surface area contributed by atoms with Gasteiger partial charge in [0.2, 0.25) is 0 Å². The zero-order chi connectivity index (χ0) is 36.1. The van der Waals surface area contributed by atoms with Gasteiger partial charge in [-0.25, -0.2) is 19.0 Å². The Kier molecular flexibility index (Phi) is 12.8. The van der Waals surface area contributed by atoms with Crippen LogP contribution >= 0.6 is 23.2 Å². The second-order valence-corrected chi connectivity index (χ2v) is 13.3. The molecule has 0 spiro atoms. The largest absolute Gasteiger partial charge is 0.870 e. The van der Waals surface area contributed by atoms with Crippen LogP contribution in [0.2, 0.25) is 10.0 Å². The molecule has 3 fully saturated rings. The van der Waals surface area contributed by atoms with Gasteiger partial charge in [-0.1, -0.05) is 41.4 Å². The van der Waals surface area contributed by atoms with Crippen LogP contribution in [0.15, 0.2) is 73.1 Å². The highest BCUT2D eigenvalue weighted by Gasteiger charge is 2.38. The lowest BCUT2D eigenvalue weighted by atomic mass is 9.86. The molecule has 3 saturated heterocycles. The first-order chi connectivity index (χ1) is 24.7. The Balaban J connectivity index is 0.00000523. The van der Waals surface area contributed by atoms with Gasteiger partial charge in [-0.05, 0) is 79.4 Å². The number of piperidine rings is 3. The number of methoxy groups -OCH3 is 3. The third kappa shape index (κ3) is 8.70. The highest BCUT2D eigenvalue weighted by Crippen LogP contribution is 2.36. The molecular weight excluding hydrogens is 716 g/mol. The van der Waals surface area contributed by atoms with Crippen LogP contribution in [-0.2, 0) is 22.4 Å². The molecule has 0 radical (unpaired) electrons. The van der Waals surface area contributed by atoms with Gasteiger partial charge in [0, 0.05) is 24.6 Å². The molecule has 276 valence electrons. The number of anilines is 1. The van der Waals surface area contributed by atoms with Crippen LogP contribution in [0.4, 0.5) is 14.9 Å². The number of nitrogens with one attached hydrogen (secondary N) is 1. The molecule has 11 nitrogen and oxygen atoms in total. The van der Waals surface area contributed by atoms with Crippen LogP contribution in [0.25, 0.3) is 0 Å². The summed E-state index contributed by atoms with van der Waals surface area (Å²) in [6.45, 7) is 2.64. The van der Waals surface area contributed by atoms with E-state index in [1.807, 2.05) is 0 Å². The van der Waals surface area contributed by atoms with Crippen LogP contribution in [0.3, 0.4) is 0 Å². The standard InChI is InChI=1S/C38H38Cl2FN3O7.H2O/c1-47-27-9-10-32(31(41)17-27)44(38(46)51-36-22-43-14-12-24(36)13-15-43)21-23-4-6-25(7-5-23)37(45)50-34(18-28-29(39)19-42-20-30(28)40)26-8-11-33(48-2)35(16-26)49-3;/h4-11,16-17,19-20,24,34,36H,12-15,18,21-22H2,1-3H3;1H2/t34-,36-;/m0./s1. The van der Waals surface area contributed by atoms with E-state index in [1.54, 1.807) is 60.9 Å². The summed E-state index contributed by atoms with van der Waals surface area (Å²) in [5, 5.41) is 0.775. The van der Waals surface area contributed by atoms with Crippen molar-refractivity contribution in [2.45, 2.75) is 38.0 Å². The Morgan fingerprint density at radius 2 is 1.62 bits per heavy atom. The van der Waals surface area contributed by atoms with Crippen molar-refractivity contribution in [2.24, 2.45) is 5.92 Å². The summed E-state index contributed by atoms with van der Waals surface area (Å²) in [6, 6.07) is 16.1. The first kappa shape index (κ1) is 38.6. The fourth-order valence-electron chi connectivity index (χ4n) is 6.58. The monoisotopic (exact) mass is 755 g/mol. The van der Waals surface area contributed by atoms with E-state index in [0.29, 0.717) is 50.5 Å². The molecule has 4 heterocycles. The molecule has 0 aliphatic carbocycles. The molecule has 7 rings (SSSR count). The van der Waals surface area contributed by atoms with E-state index >= 15 is 4.39 Å². The number of carbonyl (C=O) groups excluding carboxylic acids is 2. The fraction of sp³-hybridized carbons (Fsp3) is 0.342. The van der Waals surface area contributed by atoms with Crippen molar-refractivity contribution in [1.82, 2.24) is 4.90 Å². The number of nitrogens with zero attached hydrogens (tertiary/aromatic N) is 2. The minimum atomic E-state index is -0.802. The molecule has 4 aromatic rings. The number of pyridine rings is 1. The maximum atomic E-state index is 15.4. The van der Waals surface area contributed by atoms with Gasteiger partial charge < -0.3 is 29.2 Å². The summed E-state index contributed by atoms with van der Waals surface area (Å²) in [6.07, 6.45) is 3.59. The maximum Gasteiger partial charge on any atom is 0.415 e. The number of amides is 1. The number of aromatic nitrogens is 1. The number of carbonyl (C=O) groups is 2. The molecule has 1 amide bonds. The van der Waals surface area contributed by atoms with Crippen molar-refractivity contribution in [3.8, 4) is 17.2 Å². The molecule has 2 bridgehead atoms. The first-order valence-corrected chi connectivity index (χ1v) is 17.3. The second kappa shape index (κ2) is 17.3. The van der Waals surface area contributed by atoms with Crippen LogP contribution in [0, 0.1) is 11.7 Å². The summed E-state index contributed by atoms with van der Waals surface area (Å²) < 4.78 is 43.5. The molecule has 3 aromatic carbocycles. The molecular formula is C38H40Cl2FN3O8. The average molecular weight is 757 g/mol. The van der Waals surface area contributed by atoms with Crippen molar-refractivity contribution in [3.63, 3.8) is 0 Å². The SMILES string of the molecule is COc1ccc(N(Cc2ccc(C(=O)O[C@@H](Cc3c(Cl)c[nH+]cc3Cl)c3ccc(OC)c(OC)c3)cc2)C(=O)O[C@H]2CN3CCC2CC3)c(F)c1.[OH-]. The Bertz CT molecular complexity index is 1850. The zero-order valence-electron chi connectivity index (χ0n) is 28.9. The number of aromatic amines is 1. The van der Waals surface area contributed by atoms with Crippen LogP contribution in [0.1, 0.15) is 46.0 Å². The summed E-state index contributed by atoms with van der Waals surface area (Å²) in [7, 11) is 4.50. The van der Waals surface area contributed by atoms with Crippen LogP contribution in [-0.4, -0.2) is 69.5 Å². The number of esters is 1. The number of hydrogen-bond acceptors (Lipinski definition) is 9. The topological polar surface area (TPSA) is 131 Å². The van der Waals surface area contributed by atoms with E-state index in [0.717, 1.165) is 25.9 Å². The number of hydrogen-bond donors (Lipinski definition) is 0. The van der Waals surface area contributed by atoms with Gasteiger partial charge in [-0.2, -0.15) is 0 Å². The Labute approximate surface area is 311 Å². The molecule has 52 heavy (non-hydrogen) atoms. The quantitative estimate of drug-likeness (QED) is 0.138. The lowest BCUT2D eigenvalue weighted by Gasteiger charge is -2.44. The number of halogens is 3. The van der Waals surface area contributed by atoms with Crippen molar-refractivity contribution in [2.75, 3.05) is 45.9 Å². The predicted molar refractivity (Wildman–Crippen MR) is 191 cm³/mol. The minimum Gasteiger partial charge on any atom is -0.870 e. The van der Waals surface area contributed by atoms with Gasteiger partial charge in [0.1, 0.15) is 28.0 Å². The molecule has 3 aliphatic rings. The van der Waals surface area contributed by atoms with E-state index in [9.17, 15) is 9.59 Å². The normalized spacial score (nSPS) is 18.1. The van der Waals surface area contributed by atoms with Crippen molar-refractivity contribution in [1.29, 1.82) is 0 Å². The molecule has 2 N–H and O–H groups in total. The Morgan fingerprint density at radius 3 is 2.21 bits per heavy atom. The summed E-state index contributed by atoms with van der Waals surface area (Å²) in [4.78, 5) is 33.8. The Hall–Kier alpha value is -4.62. The lowest BCUT2D eigenvalue weighted by Crippen LogP contribution is -2.53. The van der Waals surface area contributed by atoms with Crippen LogP contribution < -0.4 is 24.1 Å². The zero-order valence-corrected chi connectivity index (χ0v) is 30.5. The van der Waals surface area contributed by atoms with Crippen molar-refractivity contribution in [3.05, 3.63) is 111 Å². The molecule has 0 saturated carbocycles. The van der Waals surface area contributed by atoms with Gasteiger partial charge in [0.15, 0.2) is 29.7 Å². The van der Waals surface area contributed by atoms with Crippen molar-refractivity contribution < 1.29 is 48.1 Å². The fourth-order valence-corrected chi connectivity index (χ4v) is 7.11. The third-order valence-electron chi connectivity index (χ3n) is 9.46. The molecule has 2 atom stereocenters. The first-order valence-electron chi connectivity index (χ1n) is 16.6. The number of fused-ring (bicyclic) bond motifs is 3. The average Bonchev–Trinajstić information content (AvgIpc) is 3.15. The maximum absolute atomic E-state index is 15.4. The Morgan fingerprint density at radius 1 is 0.923 bits per heavy atom. The number of H-pyrrole nitrogens is 1. The lowest BCUT2D eigenvalue weighted by molar-refractivity contribution is -0.377. The summed E-state index contributed by atoms with van der Waals surface area (Å²) in [5.74, 6) is 0.356. The van der Waals surface area contributed by atoms with E-state index < -0.39 is 24.0 Å². The molecule has 14 heteroatoms.